The van der Waals surface area contributed by atoms with Crippen molar-refractivity contribution >= 4 is 5.69 Å². The van der Waals surface area contributed by atoms with E-state index < -0.39 is 11.7 Å². The molecular weight excluding hydrogens is 265 g/mol. The first kappa shape index (κ1) is 13.9. The Morgan fingerprint density at radius 1 is 1.05 bits per heavy atom. The molecule has 0 heterocycles. The highest BCUT2D eigenvalue weighted by Crippen LogP contribution is 2.34. The average molecular weight is 276 g/mol. The van der Waals surface area contributed by atoms with E-state index in [4.69, 9.17) is 5.26 Å². The minimum absolute atomic E-state index is 0.0300. The smallest absolute Gasteiger partial charge is 0.380 e. The highest BCUT2D eigenvalue weighted by atomic mass is 19.4. The van der Waals surface area contributed by atoms with Crippen LogP contribution in [0, 0.1) is 11.3 Å². The Morgan fingerprint density at radius 3 is 2.50 bits per heavy atom. The van der Waals surface area contributed by atoms with Crippen molar-refractivity contribution in [3.05, 3.63) is 65.2 Å². The lowest BCUT2D eigenvalue weighted by Crippen LogP contribution is -2.10. The summed E-state index contributed by atoms with van der Waals surface area (Å²) in [7, 11) is 0. The molecule has 1 N–H and O–H groups in total. The van der Waals surface area contributed by atoms with Gasteiger partial charge in [0.1, 0.15) is 0 Å². The Kier molecular flexibility index (Phi) is 3.94. The number of hydrogen-bond donors (Lipinski definition) is 1. The number of nitrogens with zero attached hydrogens (tertiary/aromatic N) is 1. The maximum absolute atomic E-state index is 12.8. The molecule has 102 valence electrons. The van der Waals surface area contributed by atoms with Gasteiger partial charge in [-0.3, -0.25) is 0 Å². The number of para-hydroxylation sites is 1. The van der Waals surface area contributed by atoms with E-state index in [1.807, 2.05) is 6.07 Å². The van der Waals surface area contributed by atoms with E-state index in [0.29, 0.717) is 5.56 Å². The van der Waals surface area contributed by atoms with Crippen LogP contribution in [0.25, 0.3) is 0 Å². The Morgan fingerprint density at radius 2 is 1.80 bits per heavy atom. The lowest BCUT2D eigenvalue weighted by molar-refractivity contribution is -0.136. The molecule has 0 aromatic heterocycles. The van der Waals surface area contributed by atoms with Gasteiger partial charge in [0.25, 0.3) is 0 Å². The molecule has 0 aliphatic carbocycles. The van der Waals surface area contributed by atoms with Gasteiger partial charge in [0.15, 0.2) is 0 Å². The number of nitrogens with one attached hydrogen (secondary N) is 1. The van der Waals surface area contributed by atoms with Crippen LogP contribution in [0.15, 0.2) is 48.5 Å². The molecule has 0 radical (unpaired) electrons. The van der Waals surface area contributed by atoms with Crippen molar-refractivity contribution in [2.75, 3.05) is 5.32 Å². The summed E-state index contributed by atoms with van der Waals surface area (Å²) in [6.45, 7) is 0.225. The van der Waals surface area contributed by atoms with Crippen LogP contribution in [-0.2, 0) is 12.7 Å². The number of alkyl halides is 3. The van der Waals surface area contributed by atoms with Gasteiger partial charge in [-0.2, -0.15) is 18.4 Å². The van der Waals surface area contributed by atoms with Crippen LogP contribution in [0.2, 0.25) is 0 Å². The van der Waals surface area contributed by atoms with Gasteiger partial charge < -0.3 is 5.32 Å². The number of anilines is 1. The summed E-state index contributed by atoms with van der Waals surface area (Å²) in [6.07, 6.45) is -4.39. The molecule has 2 aromatic carbocycles. The molecule has 0 bridgehead atoms. The molecule has 2 nitrogen and oxygen atoms in total. The van der Waals surface area contributed by atoms with E-state index in [1.54, 1.807) is 30.3 Å². The van der Waals surface area contributed by atoms with Crippen molar-refractivity contribution in [3.63, 3.8) is 0 Å². The van der Waals surface area contributed by atoms with Crippen molar-refractivity contribution in [1.29, 1.82) is 5.26 Å². The van der Waals surface area contributed by atoms with Crippen LogP contribution in [-0.4, -0.2) is 0 Å². The largest absolute Gasteiger partial charge is 0.418 e. The van der Waals surface area contributed by atoms with E-state index in [1.165, 1.54) is 12.1 Å². The molecule has 0 fully saturated rings. The average Bonchev–Trinajstić information content (AvgIpc) is 2.44. The van der Waals surface area contributed by atoms with Crippen molar-refractivity contribution in [2.45, 2.75) is 12.7 Å². The van der Waals surface area contributed by atoms with Crippen LogP contribution in [0.1, 0.15) is 16.7 Å². The molecule has 20 heavy (non-hydrogen) atoms. The van der Waals surface area contributed by atoms with Gasteiger partial charge in [0, 0.05) is 12.2 Å². The topological polar surface area (TPSA) is 35.8 Å². The van der Waals surface area contributed by atoms with Crippen molar-refractivity contribution in [1.82, 2.24) is 0 Å². The number of hydrogen-bond acceptors (Lipinski definition) is 2. The number of nitriles is 1. The summed E-state index contributed by atoms with van der Waals surface area (Å²) in [5.41, 5.74) is 0.563. The van der Waals surface area contributed by atoms with Crippen molar-refractivity contribution < 1.29 is 13.2 Å². The molecule has 0 aliphatic rings. The van der Waals surface area contributed by atoms with Gasteiger partial charge in [-0.05, 0) is 29.8 Å². The van der Waals surface area contributed by atoms with Crippen LogP contribution < -0.4 is 5.32 Å². The third kappa shape index (κ3) is 3.29. The monoisotopic (exact) mass is 276 g/mol. The molecule has 5 heteroatoms. The van der Waals surface area contributed by atoms with E-state index in [9.17, 15) is 13.2 Å². The third-order valence-corrected chi connectivity index (χ3v) is 2.77. The lowest BCUT2D eigenvalue weighted by atomic mass is 10.1. The van der Waals surface area contributed by atoms with Crippen LogP contribution in [0.3, 0.4) is 0 Å². The molecule has 0 saturated heterocycles. The van der Waals surface area contributed by atoms with Gasteiger partial charge in [0.2, 0.25) is 0 Å². The molecule has 2 aromatic rings. The van der Waals surface area contributed by atoms with Crippen molar-refractivity contribution in [2.24, 2.45) is 0 Å². The SMILES string of the molecule is N#Cc1cccc(CNc2ccccc2C(F)(F)F)c1. The summed E-state index contributed by atoms with van der Waals surface area (Å²) in [4.78, 5) is 0. The highest BCUT2D eigenvalue weighted by Gasteiger charge is 2.32. The molecule has 0 amide bonds. The molecule has 0 aliphatic heterocycles. The summed E-state index contributed by atoms with van der Waals surface area (Å²) < 4.78 is 38.4. The Labute approximate surface area is 114 Å². The molecule has 0 spiro atoms. The first-order chi connectivity index (χ1) is 9.50. The lowest BCUT2D eigenvalue weighted by Gasteiger charge is -2.14. The van der Waals surface area contributed by atoms with Crippen LogP contribution in [0.5, 0.6) is 0 Å². The van der Waals surface area contributed by atoms with Crippen LogP contribution in [0.4, 0.5) is 18.9 Å². The van der Waals surface area contributed by atoms with E-state index >= 15 is 0 Å². The first-order valence-corrected chi connectivity index (χ1v) is 5.90. The number of rotatable bonds is 3. The van der Waals surface area contributed by atoms with Crippen LogP contribution >= 0.6 is 0 Å². The second-order valence-corrected chi connectivity index (χ2v) is 4.21. The molecule has 0 atom stereocenters. The van der Waals surface area contributed by atoms with E-state index in [2.05, 4.69) is 5.32 Å². The summed E-state index contributed by atoms with van der Waals surface area (Å²) in [5, 5.41) is 11.5. The van der Waals surface area contributed by atoms with Gasteiger partial charge >= 0.3 is 6.18 Å². The maximum Gasteiger partial charge on any atom is 0.418 e. The van der Waals surface area contributed by atoms with Crippen molar-refractivity contribution in [3.8, 4) is 6.07 Å². The summed E-state index contributed by atoms with van der Waals surface area (Å²) >= 11 is 0. The minimum Gasteiger partial charge on any atom is -0.380 e. The first-order valence-electron chi connectivity index (χ1n) is 5.90. The van der Waals surface area contributed by atoms with Gasteiger partial charge in [-0.1, -0.05) is 24.3 Å². The Hall–Kier alpha value is -2.48. The summed E-state index contributed by atoms with van der Waals surface area (Å²) in [5.74, 6) is 0. The summed E-state index contributed by atoms with van der Waals surface area (Å²) in [6, 6.07) is 14.1. The van der Waals surface area contributed by atoms with Gasteiger partial charge in [0.05, 0.1) is 17.2 Å². The Balaban J connectivity index is 2.17. The fourth-order valence-corrected chi connectivity index (χ4v) is 1.83. The maximum atomic E-state index is 12.8. The van der Waals surface area contributed by atoms with Gasteiger partial charge in [-0.25, -0.2) is 0 Å². The minimum atomic E-state index is -4.39. The Bertz CT molecular complexity index is 642. The van der Waals surface area contributed by atoms with Gasteiger partial charge in [-0.15, -0.1) is 0 Å². The van der Waals surface area contributed by atoms with E-state index in [0.717, 1.165) is 11.6 Å². The number of halogens is 3. The normalized spacial score (nSPS) is 10.9. The molecule has 0 saturated carbocycles. The predicted molar refractivity (Wildman–Crippen MR) is 69.9 cm³/mol. The zero-order valence-corrected chi connectivity index (χ0v) is 10.4. The number of benzene rings is 2. The second kappa shape index (κ2) is 5.66. The second-order valence-electron chi connectivity index (χ2n) is 4.21. The van der Waals surface area contributed by atoms with E-state index in [-0.39, 0.29) is 12.2 Å². The molecular formula is C15H11F3N2. The molecule has 0 unspecified atom stereocenters. The zero-order chi connectivity index (χ0) is 14.6. The highest BCUT2D eigenvalue weighted by molar-refractivity contribution is 5.53. The zero-order valence-electron chi connectivity index (χ0n) is 10.4. The quantitative estimate of drug-likeness (QED) is 0.912. The standard InChI is InChI=1S/C15H11F3N2/c16-15(17,18)13-6-1-2-7-14(13)20-10-12-5-3-4-11(8-12)9-19/h1-8,20H,10H2. The fraction of sp³-hybridized carbons (Fsp3) is 0.133. The fourth-order valence-electron chi connectivity index (χ4n) is 1.83. The predicted octanol–water partition coefficient (Wildman–Crippen LogP) is 4.19. The third-order valence-electron chi connectivity index (χ3n) is 2.77. The molecule has 2 rings (SSSR count).